The standard InChI is InChI=1S/C23H32N2O3/c1-13(26)28-15-8-10-22(2)14(12-15)4-5-16-17-6-7-19(20(27)21-24-25-21)23(17,3)11-9-18(16)22/h4,15-19,21H,5-12H2,1-3H3/t15-,16+,17+,18+,19-,22-,23+/m0/s1. The maximum Gasteiger partial charge on any atom is 0.302 e. The second-order valence-electron chi connectivity index (χ2n) is 10.4. The van der Waals surface area contributed by atoms with Crippen LogP contribution in [-0.2, 0) is 14.3 Å². The van der Waals surface area contributed by atoms with Crippen molar-refractivity contribution in [1.82, 2.24) is 0 Å². The molecule has 1 aliphatic heterocycles. The van der Waals surface area contributed by atoms with Gasteiger partial charge in [-0.2, -0.15) is 10.2 Å². The van der Waals surface area contributed by atoms with E-state index in [1.165, 1.54) is 25.3 Å². The van der Waals surface area contributed by atoms with Gasteiger partial charge in [0, 0.05) is 19.3 Å². The maximum atomic E-state index is 12.8. The minimum atomic E-state index is -0.342. The van der Waals surface area contributed by atoms with E-state index in [1.807, 2.05) is 0 Å². The van der Waals surface area contributed by atoms with E-state index >= 15 is 0 Å². The molecule has 152 valence electrons. The van der Waals surface area contributed by atoms with Gasteiger partial charge in [0.05, 0.1) is 0 Å². The van der Waals surface area contributed by atoms with E-state index in [0.29, 0.717) is 17.8 Å². The van der Waals surface area contributed by atoms with Gasteiger partial charge in [-0.05, 0) is 73.5 Å². The van der Waals surface area contributed by atoms with Crippen LogP contribution in [-0.4, -0.2) is 24.0 Å². The number of hydrogen-bond donors (Lipinski definition) is 0. The Balaban J connectivity index is 1.38. The first-order valence-corrected chi connectivity index (χ1v) is 11.1. The van der Waals surface area contributed by atoms with Crippen molar-refractivity contribution in [2.75, 3.05) is 0 Å². The Morgan fingerprint density at radius 2 is 1.86 bits per heavy atom. The summed E-state index contributed by atoms with van der Waals surface area (Å²) in [6.07, 6.45) is 10.9. The number of rotatable bonds is 3. The summed E-state index contributed by atoms with van der Waals surface area (Å²) in [4.78, 5) is 24.2. The Bertz CT molecular complexity index is 768. The van der Waals surface area contributed by atoms with Crippen LogP contribution in [0.15, 0.2) is 21.9 Å². The first-order valence-electron chi connectivity index (χ1n) is 11.1. The lowest BCUT2D eigenvalue weighted by atomic mass is 9.47. The Hall–Kier alpha value is -1.52. The molecule has 0 amide bonds. The molecule has 28 heavy (non-hydrogen) atoms. The van der Waals surface area contributed by atoms with Crippen LogP contribution < -0.4 is 0 Å². The van der Waals surface area contributed by atoms with Crippen LogP contribution in [0.5, 0.6) is 0 Å². The highest BCUT2D eigenvalue weighted by Crippen LogP contribution is 2.66. The molecule has 3 fully saturated rings. The summed E-state index contributed by atoms with van der Waals surface area (Å²) < 4.78 is 5.54. The molecule has 5 nitrogen and oxygen atoms in total. The van der Waals surface area contributed by atoms with E-state index in [1.54, 1.807) is 0 Å². The molecule has 0 aromatic carbocycles. The van der Waals surface area contributed by atoms with Crippen molar-refractivity contribution in [3.8, 4) is 0 Å². The SMILES string of the molecule is CC(=O)O[C@H]1CC[C@@]2(C)C(=CC[C@@H]3[C@H]4CC[C@@H](C(=O)C5N=N5)[C@]4(C)CC[C@H]32)C1. The van der Waals surface area contributed by atoms with Gasteiger partial charge in [0.2, 0.25) is 6.17 Å². The molecule has 7 atom stereocenters. The zero-order chi connectivity index (χ0) is 19.7. The number of esters is 1. The van der Waals surface area contributed by atoms with Gasteiger partial charge < -0.3 is 4.74 Å². The van der Waals surface area contributed by atoms with Gasteiger partial charge in [0.15, 0.2) is 5.78 Å². The van der Waals surface area contributed by atoms with Crippen LogP contribution in [0.1, 0.15) is 72.1 Å². The monoisotopic (exact) mass is 384 g/mol. The van der Waals surface area contributed by atoms with Crippen LogP contribution in [0.25, 0.3) is 0 Å². The Morgan fingerprint density at radius 1 is 1.07 bits per heavy atom. The molecule has 0 radical (unpaired) electrons. The second-order valence-corrected chi connectivity index (χ2v) is 10.4. The van der Waals surface area contributed by atoms with Crippen LogP contribution in [0.3, 0.4) is 0 Å². The van der Waals surface area contributed by atoms with E-state index in [9.17, 15) is 9.59 Å². The van der Waals surface area contributed by atoms with Crippen LogP contribution in [0, 0.1) is 34.5 Å². The number of Topliss-reactive ketones (excluding diaryl/α,β-unsaturated/α-hetero) is 1. The molecule has 0 aromatic heterocycles. The molecule has 5 rings (SSSR count). The zero-order valence-electron chi connectivity index (χ0n) is 17.3. The largest absolute Gasteiger partial charge is 0.462 e. The molecule has 1 heterocycles. The van der Waals surface area contributed by atoms with Gasteiger partial charge in [0.25, 0.3) is 0 Å². The van der Waals surface area contributed by atoms with Crippen molar-refractivity contribution < 1.29 is 14.3 Å². The third-order valence-corrected chi connectivity index (χ3v) is 9.22. The fourth-order valence-corrected chi connectivity index (χ4v) is 7.76. The molecule has 5 heteroatoms. The summed E-state index contributed by atoms with van der Waals surface area (Å²) in [7, 11) is 0. The van der Waals surface area contributed by atoms with Crippen molar-refractivity contribution in [3.63, 3.8) is 0 Å². The number of nitrogens with zero attached hydrogens (tertiary/aromatic N) is 2. The average Bonchev–Trinajstić information content (AvgIpc) is 3.43. The summed E-state index contributed by atoms with van der Waals surface area (Å²) in [5, 5.41) is 7.84. The molecule has 0 spiro atoms. The van der Waals surface area contributed by atoms with Crippen LogP contribution >= 0.6 is 0 Å². The molecule has 0 saturated heterocycles. The Labute approximate surface area is 167 Å². The molecule has 4 aliphatic carbocycles. The molecule has 0 bridgehead atoms. The van der Waals surface area contributed by atoms with Gasteiger partial charge in [-0.25, -0.2) is 0 Å². The first-order chi connectivity index (χ1) is 13.3. The summed E-state index contributed by atoms with van der Waals surface area (Å²) >= 11 is 0. The molecule has 0 unspecified atom stereocenters. The summed E-state index contributed by atoms with van der Waals surface area (Å²) in [6.45, 7) is 6.36. The third-order valence-electron chi connectivity index (χ3n) is 9.22. The zero-order valence-corrected chi connectivity index (χ0v) is 17.3. The lowest BCUT2D eigenvalue weighted by molar-refractivity contribution is -0.149. The van der Waals surface area contributed by atoms with Gasteiger partial charge >= 0.3 is 5.97 Å². The normalized spacial score (nSPS) is 46.8. The first kappa shape index (κ1) is 18.5. The fraction of sp³-hybridized carbons (Fsp3) is 0.826. The molecular weight excluding hydrogens is 352 g/mol. The van der Waals surface area contributed by atoms with Crippen molar-refractivity contribution in [1.29, 1.82) is 0 Å². The van der Waals surface area contributed by atoms with Crippen LogP contribution in [0.4, 0.5) is 0 Å². The fourth-order valence-electron chi connectivity index (χ4n) is 7.76. The summed E-state index contributed by atoms with van der Waals surface area (Å²) in [5.41, 5.74) is 1.89. The van der Waals surface area contributed by atoms with Gasteiger partial charge in [0.1, 0.15) is 6.10 Å². The van der Waals surface area contributed by atoms with E-state index in [0.717, 1.165) is 38.5 Å². The predicted octanol–water partition coefficient (Wildman–Crippen LogP) is 4.86. The Morgan fingerprint density at radius 3 is 2.57 bits per heavy atom. The Kier molecular flexibility index (Phi) is 4.12. The summed E-state index contributed by atoms with van der Waals surface area (Å²) in [5.74, 6) is 2.29. The van der Waals surface area contributed by atoms with Crippen molar-refractivity contribution in [2.45, 2.75) is 84.4 Å². The molecule has 3 saturated carbocycles. The highest BCUT2D eigenvalue weighted by molar-refractivity contribution is 5.88. The van der Waals surface area contributed by atoms with Crippen molar-refractivity contribution >= 4 is 11.8 Å². The number of carbonyl (C=O) groups is 2. The third kappa shape index (κ3) is 2.64. The molecule has 0 N–H and O–H groups in total. The van der Waals surface area contributed by atoms with Crippen molar-refractivity contribution in [3.05, 3.63) is 11.6 Å². The lowest BCUT2D eigenvalue weighted by Crippen LogP contribution is -2.51. The minimum absolute atomic E-state index is 0.0572. The predicted molar refractivity (Wildman–Crippen MR) is 104 cm³/mol. The topological polar surface area (TPSA) is 68.1 Å². The molecule has 0 aromatic rings. The maximum absolute atomic E-state index is 12.8. The van der Waals surface area contributed by atoms with Gasteiger partial charge in [-0.3, -0.25) is 9.59 Å². The molecular formula is C23H32N2O3. The lowest BCUT2D eigenvalue weighted by Gasteiger charge is -2.58. The number of allylic oxidation sites excluding steroid dienone is 1. The van der Waals surface area contributed by atoms with Gasteiger partial charge in [-0.1, -0.05) is 25.5 Å². The number of ether oxygens (including phenoxy) is 1. The smallest absolute Gasteiger partial charge is 0.302 e. The number of carbonyl (C=O) groups excluding carboxylic acids is 2. The van der Waals surface area contributed by atoms with E-state index < -0.39 is 0 Å². The summed E-state index contributed by atoms with van der Waals surface area (Å²) in [6, 6.07) is 0. The highest BCUT2D eigenvalue weighted by Gasteiger charge is 2.60. The number of hydrogen-bond acceptors (Lipinski definition) is 5. The van der Waals surface area contributed by atoms with Crippen LogP contribution in [0.2, 0.25) is 0 Å². The molecule has 5 aliphatic rings. The van der Waals surface area contributed by atoms with Crippen molar-refractivity contribution in [2.24, 2.45) is 44.7 Å². The average molecular weight is 385 g/mol. The van der Waals surface area contributed by atoms with E-state index in [2.05, 4.69) is 30.2 Å². The number of ketones is 1. The quantitative estimate of drug-likeness (QED) is 0.515. The van der Waals surface area contributed by atoms with Gasteiger partial charge in [-0.15, -0.1) is 0 Å². The highest BCUT2D eigenvalue weighted by atomic mass is 16.5. The second kappa shape index (κ2) is 6.24. The number of fused-ring (bicyclic) bond motifs is 5. The minimum Gasteiger partial charge on any atom is -0.462 e. The van der Waals surface area contributed by atoms with E-state index in [-0.39, 0.29) is 40.8 Å². The van der Waals surface area contributed by atoms with E-state index in [4.69, 9.17) is 4.74 Å².